The van der Waals surface area contributed by atoms with E-state index in [1.807, 2.05) is 0 Å². The normalized spacial score (nSPS) is 11.7. The van der Waals surface area contributed by atoms with Gasteiger partial charge in [-0.3, -0.25) is 0 Å². The minimum absolute atomic E-state index is 0.0360. The summed E-state index contributed by atoms with van der Waals surface area (Å²) in [5.74, 6) is 5.27. The van der Waals surface area contributed by atoms with Gasteiger partial charge in [0.05, 0.1) is 25.5 Å². The molecule has 0 bridgehead atoms. The molecule has 0 amide bonds. The highest BCUT2D eigenvalue weighted by molar-refractivity contribution is 4.94. The molecule has 0 atom stereocenters. The molecule has 5 heteroatoms. The van der Waals surface area contributed by atoms with Crippen molar-refractivity contribution in [3.8, 4) is 0 Å². The quantitative estimate of drug-likeness (QED) is 0.271. The van der Waals surface area contributed by atoms with Gasteiger partial charge in [-0.15, -0.1) is 0 Å². The maximum absolute atomic E-state index is 8.41. The molecule has 0 spiro atoms. The Morgan fingerprint density at radius 1 is 1.50 bits per heavy atom. The summed E-state index contributed by atoms with van der Waals surface area (Å²) >= 11 is 0. The van der Waals surface area contributed by atoms with Crippen LogP contribution in [0.3, 0.4) is 0 Å². The Balaban J connectivity index is 3.62. The summed E-state index contributed by atoms with van der Waals surface area (Å²) in [4.78, 5) is 0. The first-order chi connectivity index (χ1) is 4.70. The topological polar surface area (TPSA) is 95.7 Å². The molecule has 0 heterocycles. The van der Waals surface area contributed by atoms with Crippen LogP contribution < -0.4 is 11.6 Å². The average molecular weight is 147 g/mol. The lowest BCUT2D eigenvalue weighted by Crippen LogP contribution is -2.29. The third-order valence-electron chi connectivity index (χ3n) is 0.872. The van der Waals surface area contributed by atoms with E-state index >= 15 is 0 Å². The van der Waals surface area contributed by atoms with Gasteiger partial charge in [0, 0.05) is 6.20 Å². The second kappa shape index (κ2) is 5.04. The van der Waals surface area contributed by atoms with E-state index < -0.39 is 0 Å². The van der Waals surface area contributed by atoms with Crippen molar-refractivity contribution >= 4 is 0 Å². The van der Waals surface area contributed by atoms with E-state index in [2.05, 4.69) is 0 Å². The van der Waals surface area contributed by atoms with Gasteiger partial charge in [-0.05, 0) is 0 Å². The monoisotopic (exact) mass is 147 g/mol. The largest absolute Gasteiger partial charge is 0.399 e. The van der Waals surface area contributed by atoms with E-state index in [9.17, 15) is 0 Å². The summed E-state index contributed by atoms with van der Waals surface area (Å²) in [6.45, 7) is 0.0472. The van der Waals surface area contributed by atoms with Crippen LogP contribution in [0.4, 0.5) is 0 Å². The van der Waals surface area contributed by atoms with Crippen molar-refractivity contribution in [2.75, 3.05) is 19.8 Å². The Kier molecular flexibility index (Phi) is 4.65. The first-order valence-electron chi connectivity index (χ1n) is 2.90. The number of nitrogens with zero attached hydrogens (tertiary/aromatic N) is 1. The van der Waals surface area contributed by atoms with E-state index in [1.54, 1.807) is 0 Å². The van der Waals surface area contributed by atoms with Crippen molar-refractivity contribution in [1.29, 1.82) is 0 Å². The lowest BCUT2D eigenvalue weighted by atomic mass is 10.5. The molecular formula is C5H13N3O2. The van der Waals surface area contributed by atoms with Crippen LogP contribution >= 0.6 is 0 Å². The van der Waals surface area contributed by atoms with Gasteiger partial charge in [0.2, 0.25) is 0 Å². The van der Waals surface area contributed by atoms with E-state index in [-0.39, 0.29) is 18.9 Å². The zero-order chi connectivity index (χ0) is 7.98. The molecule has 0 saturated heterocycles. The van der Waals surface area contributed by atoms with Crippen molar-refractivity contribution in [3.63, 3.8) is 0 Å². The number of hydrazine groups is 1. The smallest absolute Gasteiger partial charge is 0.0840 e. The van der Waals surface area contributed by atoms with Crippen molar-refractivity contribution in [1.82, 2.24) is 5.01 Å². The van der Waals surface area contributed by atoms with Crippen LogP contribution in [-0.4, -0.2) is 35.0 Å². The minimum Gasteiger partial charge on any atom is -0.399 e. The van der Waals surface area contributed by atoms with Crippen LogP contribution in [-0.2, 0) is 0 Å². The van der Waals surface area contributed by atoms with Gasteiger partial charge < -0.3 is 21.0 Å². The molecule has 0 fully saturated rings. The van der Waals surface area contributed by atoms with Crippen LogP contribution in [0.2, 0.25) is 0 Å². The summed E-state index contributed by atoms with van der Waals surface area (Å²) in [5.41, 5.74) is 5.49. The van der Waals surface area contributed by atoms with Crippen molar-refractivity contribution in [3.05, 3.63) is 11.9 Å². The Morgan fingerprint density at radius 3 is 2.50 bits per heavy atom. The van der Waals surface area contributed by atoms with Gasteiger partial charge in [0.15, 0.2) is 0 Å². The van der Waals surface area contributed by atoms with Crippen LogP contribution in [0.5, 0.6) is 0 Å². The summed E-state index contributed by atoms with van der Waals surface area (Å²) < 4.78 is 0. The second-order valence-corrected chi connectivity index (χ2v) is 1.82. The Morgan fingerprint density at radius 2 is 2.10 bits per heavy atom. The van der Waals surface area contributed by atoms with Gasteiger partial charge in [-0.2, -0.15) is 0 Å². The maximum atomic E-state index is 8.41. The summed E-state index contributed by atoms with van der Waals surface area (Å²) in [7, 11) is 0. The molecule has 6 N–H and O–H groups in total. The number of hydrogen-bond acceptors (Lipinski definition) is 5. The molecule has 0 aliphatic carbocycles. The van der Waals surface area contributed by atoms with Gasteiger partial charge in [-0.25, -0.2) is 5.84 Å². The molecule has 60 valence electrons. The molecule has 0 radical (unpaired) electrons. The van der Waals surface area contributed by atoms with E-state index in [0.717, 1.165) is 0 Å². The van der Waals surface area contributed by atoms with E-state index in [1.165, 1.54) is 11.2 Å². The molecule has 0 aliphatic rings. The lowest BCUT2D eigenvalue weighted by Gasteiger charge is -2.11. The van der Waals surface area contributed by atoms with Crippen LogP contribution in [0.25, 0.3) is 0 Å². The van der Waals surface area contributed by atoms with Gasteiger partial charge in [0.25, 0.3) is 0 Å². The SMILES string of the molecule is N/C(=C/N(N)CCO)CO. The first kappa shape index (κ1) is 9.22. The van der Waals surface area contributed by atoms with Crippen LogP contribution in [0.1, 0.15) is 0 Å². The molecular weight excluding hydrogens is 134 g/mol. The third-order valence-corrected chi connectivity index (χ3v) is 0.872. The molecule has 0 unspecified atom stereocenters. The first-order valence-corrected chi connectivity index (χ1v) is 2.90. The highest BCUT2D eigenvalue weighted by Crippen LogP contribution is 1.83. The molecule has 0 aromatic heterocycles. The molecule has 0 aromatic carbocycles. The minimum atomic E-state index is -0.223. The number of rotatable bonds is 4. The molecule has 5 nitrogen and oxygen atoms in total. The fourth-order valence-corrected chi connectivity index (χ4v) is 0.434. The predicted molar refractivity (Wildman–Crippen MR) is 37.3 cm³/mol. The van der Waals surface area contributed by atoms with Crippen molar-refractivity contribution < 1.29 is 10.2 Å². The maximum Gasteiger partial charge on any atom is 0.0840 e. The van der Waals surface area contributed by atoms with E-state index in [4.69, 9.17) is 21.8 Å². The second-order valence-electron chi connectivity index (χ2n) is 1.82. The number of nitrogens with two attached hydrogens (primary N) is 2. The average Bonchev–Trinajstić information content (AvgIpc) is 1.88. The van der Waals surface area contributed by atoms with Gasteiger partial charge in [-0.1, -0.05) is 0 Å². The molecule has 0 saturated carbocycles. The van der Waals surface area contributed by atoms with Crippen molar-refractivity contribution in [2.45, 2.75) is 0 Å². The van der Waals surface area contributed by atoms with Crippen LogP contribution in [0.15, 0.2) is 11.9 Å². The molecule has 0 rings (SSSR count). The van der Waals surface area contributed by atoms with Gasteiger partial charge in [0.1, 0.15) is 0 Å². The zero-order valence-corrected chi connectivity index (χ0v) is 5.70. The Bertz CT molecular complexity index is 115. The fourth-order valence-electron chi connectivity index (χ4n) is 0.434. The number of aliphatic hydroxyl groups excluding tert-OH is 2. The fraction of sp³-hybridized carbons (Fsp3) is 0.600. The third kappa shape index (κ3) is 4.13. The zero-order valence-electron chi connectivity index (χ0n) is 5.70. The van der Waals surface area contributed by atoms with Gasteiger partial charge >= 0.3 is 0 Å². The summed E-state index contributed by atoms with van der Waals surface area (Å²) in [6, 6.07) is 0. The predicted octanol–water partition coefficient (Wildman–Crippen LogP) is -2.05. The van der Waals surface area contributed by atoms with Crippen molar-refractivity contribution in [2.24, 2.45) is 11.6 Å². The summed E-state index contributed by atoms with van der Waals surface area (Å²) in [6.07, 6.45) is 1.37. The standard InChI is InChI=1S/C5H13N3O2/c6-5(4-10)3-8(7)1-2-9/h3,9-10H,1-2,4,6-7H2/b5-3+. The summed E-state index contributed by atoms with van der Waals surface area (Å²) in [5, 5.41) is 18.0. The number of hydrogen-bond donors (Lipinski definition) is 4. The molecule has 0 aliphatic heterocycles. The highest BCUT2D eigenvalue weighted by atomic mass is 16.3. The number of aliphatic hydroxyl groups is 2. The van der Waals surface area contributed by atoms with E-state index in [0.29, 0.717) is 6.54 Å². The van der Waals surface area contributed by atoms with Crippen LogP contribution in [0, 0.1) is 0 Å². The molecule has 0 aromatic rings. The highest BCUT2D eigenvalue weighted by Gasteiger charge is 1.91. The lowest BCUT2D eigenvalue weighted by molar-refractivity contribution is 0.236. The Hall–Kier alpha value is -0.780. The molecule has 10 heavy (non-hydrogen) atoms. The Labute approximate surface area is 59.5 Å².